The molecule has 0 spiro atoms. The van der Waals surface area contributed by atoms with Crippen LogP contribution in [0.5, 0.6) is 0 Å². The van der Waals surface area contributed by atoms with E-state index in [4.69, 9.17) is 0 Å². The highest BCUT2D eigenvalue weighted by molar-refractivity contribution is 7.18. The van der Waals surface area contributed by atoms with E-state index in [9.17, 15) is 18.3 Å². The van der Waals surface area contributed by atoms with Gasteiger partial charge in [0.2, 0.25) is 0 Å². The second-order valence-corrected chi connectivity index (χ2v) is 8.16. The van der Waals surface area contributed by atoms with E-state index in [0.29, 0.717) is 21.2 Å². The maximum absolute atomic E-state index is 12.3. The number of hydrogen-bond donors (Lipinski definition) is 1. The Balaban J connectivity index is 1.43. The van der Waals surface area contributed by atoms with E-state index in [1.807, 2.05) is 19.3 Å². The Morgan fingerprint density at radius 2 is 2.00 bits per heavy atom. The fraction of sp³-hybridized carbons (Fsp3) is 0.333. The first-order valence-electron chi connectivity index (χ1n) is 8.72. The van der Waals surface area contributed by atoms with Gasteiger partial charge < -0.3 is 5.11 Å². The van der Waals surface area contributed by atoms with Crippen LogP contribution in [-0.2, 0) is 17.4 Å². The van der Waals surface area contributed by atoms with Crippen molar-refractivity contribution < 1.29 is 23.0 Å². The predicted molar refractivity (Wildman–Crippen MR) is 99.0 cm³/mol. The van der Waals surface area contributed by atoms with Gasteiger partial charge in [-0.1, -0.05) is 0 Å². The number of alkyl halides is 3. The van der Waals surface area contributed by atoms with Crippen molar-refractivity contribution in [3.05, 3.63) is 35.6 Å². The average Bonchev–Trinajstić information content (AvgIpc) is 3.19. The molecule has 4 heterocycles. The lowest BCUT2D eigenvalue weighted by Crippen LogP contribution is -2.47. The summed E-state index contributed by atoms with van der Waals surface area (Å²) in [4.78, 5) is 14.4. The smallest absolute Gasteiger partial charge is 0.384 e. The van der Waals surface area contributed by atoms with Gasteiger partial charge in [0, 0.05) is 59.7 Å². The van der Waals surface area contributed by atoms with Gasteiger partial charge in [-0.2, -0.15) is 5.10 Å². The molecule has 150 valence electrons. The van der Waals surface area contributed by atoms with E-state index in [0.717, 1.165) is 16.3 Å². The minimum Gasteiger partial charge on any atom is -0.384 e. The highest BCUT2D eigenvalue weighted by atomic mass is 32.1. The van der Waals surface area contributed by atoms with Crippen molar-refractivity contribution in [3.63, 3.8) is 0 Å². The molecular weight excluding hydrogens is 407 g/mol. The highest BCUT2D eigenvalue weighted by Crippen LogP contribution is 2.48. The van der Waals surface area contributed by atoms with Crippen molar-refractivity contribution in [2.24, 2.45) is 7.05 Å². The molecule has 7 nitrogen and oxygen atoms in total. The van der Waals surface area contributed by atoms with Crippen LogP contribution in [0, 0.1) is 0 Å². The Hall–Kier alpha value is -2.63. The van der Waals surface area contributed by atoms with E-state index in [-0.39, 0.29) is 12.8 Å². The van der Waals surface area contributed by atoms with Crippen LogP contribution in [0.3, 0.4) is 0 Å². The van der Waals surface area contributed by atoms with Crippen LogP contribution in [0.25, 0.3) is 32.6 Å². The molecule has 0 amide bonds. The van der Waals surface area contributed by atoms with Gasteiger partial charge >= 0.3 is 6.36 Å². The van der Waals surface area contributed by atoms with Crippen LogP contribution >= 0.6 is 11.3 Å². The molecule has 1 aliphatic rings. The normalized spacial score (nSPS) is 22.3. The zero-order chi connectivity index (χ0) is 20.4. The third kappa shape index (κ3) is 3.34. The number of rotatable bonds is 3. The molecule has 0 bridgehead atoms. The maximum Gasteiger partial charge on any atom is 0.522 e. The van der Waals surface area contributed by atoms with Crippen molar-refractivity contribution in [3.8, 4) is 11.4 Å². The molecule has 0 atom stereocenters. The SMILES string of the molecule is Cn1cc2cc(-c3ncc4cc(C5(O)CC(OC(F)(F)F)C5)sc4n3)cnc2n1. The first kappa shape index (κ1) is 18.4. The minimum absolute atomic E-state index is 0.110. The van der Waals surface area contributed by atoms with Crippen LogP contribution < -0.4 is 0 Å². The number of ether oxygens (including phenoxy) is 1. The Morgan fingerprint density at radius 1 is 1.21 bits per heavy atom. The summed E-state index contributed by atoms with van der Waals surface area (Å²) in [6, 6.07) is 3.61. The molecule has 11 heteroatoms. The number of fused-ring (bicyclic) bond motifs is 2. The fourth-order valence-electron chi connectivity index (χ4n) is 3.52. The molecule has 29 heavy (non-hydrogen) atoms. The number of halogens is 3. The predicted octanol–water partition coefficient (Wildman–Crippen LogP) is 3.53. The van der Waals surface area contributed by atoms with E-state index >= 15 is 0 Å². The van der Waals surface area contributed by atoms with Gasteiger partial charge in [-0.25, -0.2) is 15.0 Å². The number of hydrogen-bond acceptors (Lipinski definition) is 7. The lowest BCUT2D eigenvalue weighted by Gasteiger charge is -2.42. The van der Waals surface area contributed by atoms with Crippen LogP contribution in [-0.4, -0.2) is 42.3 Å². The standard InChI is InChI=1S/C18H14F3N5O2S/c1-26-8-11-2-9(6-23-15(11)25-26)14-22-7-10-3-13(29-16(10)24-14)17(27)4-12(5-17)28-18(19,20)21/h2-3,6-8,12,27H,4-5H2,1H3. The lowest BCUT2D eigenvalue weighted by molar-refractivity contribution is -0.364. The summed E-state index contributed by atoms with van der Waals surface area (Å²) >= 11 is 1.24. The first-order chi connectivity index (χ1) is 13.7. The third-order valence-electron chi connectivity index (χ3n) is 4.89. The Kier molecular flexibility index (Phi) is 3.92. The summed E-state index contributed by atoms with van der Waals surface area (Å²) < 4.78 is 42.6. The van der Waals surface area contributed by atoms with Gasteiger partial charge in [0.1, 0.15) is 10.4 Å². The zero-order valence-electron chi connectivity index (χ0n) is 15.0. The quantitative estimate of drug-likeness (QED) is 0.545. The molecule has 0 radical (unpaired) electrons. The summed E-state index contributed by atoms with van der Waals surface area (Å²) in [5.74, 6) is 0.475. The summed E-state index contributed by atoms with van der Waals surface area (Å²) in [5.41, 5.74) is 0.0133. The number of pyridine rings is 1. The maximum atomic E-state index is 12.3. The largest absolute Gasteiger partial charge is 0.522 e. The summed E-state index contributed by atoms with van der Waals surface area (Å²) in [7, 11) is 1.81. The van der Waals surface area contributed by atoms with Crippen LogP contribution in [0.15, 0.2) is 30.7 Å². The molecule has 1 saturated carbocycles. The fourth-order valence-corrected chi connectivity index (χ4v) is 4.63. The second-order valence-electron chi connectivity index (χ2n) is 7.13. The lowest BCUT2D eigenvalue weighted by atomic mass is 9.76. The van der Waals surface area contributed by atoms with Crippen molar-refractivity contribution in [1.82, 2.24) is 24.7 Å². The molecule has 0 saturated heterocycles. The summed E-state index contributed by atoms with van der Waals surface area (Å²) in [6.45, 7) is 0. The average molecular weight is 421 g/mol. The van der Waals surface area contributed by atoms with Gasteiger partial charge in [0.05, 0.1) is 6.10 Å². The van der Waals surface area contributed by atoms with Crippen LogP contribution in [0.2, 0.25) is 0 Å². The van der Waals surface area contributed by atoms with Crippen molar-refractivity contribution in [2.75, 3.05) is 0 Å². The van der Waals surface area contributed by atoms with Gasteiger partial charge in [0.15, 0.2) is 11.5 Å². The second kappa shape index (κ2) is 6.18. The summed E-state index contributed by atoms with van der Waals surface area (Å²) in [5, 5.41) is 16.5. The molecule has 4 aromatic heterocycles. The Bertz CT molecular complexity index is 1230. The molecule has 0 aliphatic heterocycles. The molecule has 0 unspecified atom stereocenters. The third-order valence-corrected chi connectivity index (χ3v) is 6.13. The van der Waals surface area contributed by atoms with E-state index < -0.39 is 18.1 Å². The van der Waals surface area contributed by atoms with E-state index in [1.165, 1.54) is 11.3 Å². The van der Waals surface area contributed by atoms with Gasteiger partial charge in [-0.05, 0) is 12.1 Å². The molecule has 4 aromatic rings. The number of aryl methyl sites for hydroxylation is 1. The van der Waals surface area contributed by atoms with Gasteiger partial charge in [-0.15, -0.1) is 24.5 Å². The van der Waals surface area contributed by atoms with Gasteiger partial charge in [-0.3, -0.25) is 9.42 Å². The zero-order valence-corrected chi connectivity index (χ0v) is 15.8. The summed E-state index contributed by atoms with van der Waals surface area (Å²) in [6.07, 6.45) is -0.832. The number of aromatic nitrogens is 5. The first-order valence-corrected chi connectivity index (χ1v) is 9.54. The van der Waals surface area contributed by atoms with Crippen molar-refractivity contribution in [1.29, 1.82) is 0 Å². The Labute approximate surface area is 165 Å². The van der Waals surface area contributed by atoms with E-state index in [1.54, 1.807) is 23.1 Å². The molecule has 5 rings (SSSR count). The van der Waals surface area contributed by atoms with E-state index in [2.05, 4.69) is 24.8 Å². The molecule has 1 N–H and O–H groups in total. The molecule has 1 fully saturated rings. The highest BCUT2D eigenvalue weighted by Gasteiger charge is 2.50. The number of aliphatic hydroxyl groups is 1. The Morgan fingerprint density at radius 3 is 2.76 bits per heavy atom. The number of thiophene rings is 1. The monoisotopic (exact) mass is 421 g/mol. The minimum atomic E-state index is -4.70. The van der Waals surface area contributed by atoms with Gasteiger partial charge in [0.25, 0.3) is 0 Å². The molecule has 1 aliphatic carbocycles. The number of nitrogens with zero attached hydrogens (tertiary/aromatic N) is 5. The van der Waals surface area contributed by atoms with Crippen LogP contribution in [0.4, 0.5) is 13.2 Å². The van der Waals surface area contributed by atoms with Crippen molar-refractivity contribution >= 4 is 32.6 Å². The van der Waals surface area contributed by atoms with Crippen molar-refractivity contribution in [2.45, 2.75) is 30.9 Å². The molecule has 0 aromatic carbocycles. The topological polar surface area (TPSA) is 86.0 Å². The molecular formula is C18H14F3N5O2S. The van der Waals surface area contributed by atoms with Crippen LogP contribution in [0.1, 0.15) is 17.7 Å².